The predicted octanol–water partition coefficient (Wildman–Crippen LogP) is 4.37. The highest BCUT2D eigenvalue weighted by atomic mass is 16.5. The van der Waals surface area contributed by atoms with Crippen molar-refractivity contribution in [2.24, 2.45) is 10.8 Å². The molecule has 1 rings (SSSR count). The minimum absolute atomic E-state index is 0.293. The zero-order valence-electron chi connectivity index (χ0n) is 13.4. The van der Waals surface area contributed by atoms with Gasteiger partial charge in [-0.15, -0.1) is 0 Å². The average molecular weight is 264 g/mol. The second kappa shape index (κ2) is 5.16. The van der Waals surface area contributed by atoms with Crippen LogP contribution in [0.5, 0.6) is 5.75 Å². The third-order valence-corrected chi connectivity index (χ3v) is 3.75. The molecule has 19 heavy (non-hydrogen) atoms. The van der Waals surface area contributed by atoms with E-state index in [1.807, 2.05) is 31.2 Å². The molecule has 0 radical (unpaired) electrons. The lowest BCUT2D eigenvalue weighted by Gasteiger charge is -2.50. The Bertz CT molecular complexity index is 408. The molecule has 0 atom stereocenters. The first-order valence-electron chi connectivity index (χ1n) is 7.00. The van der Waals surface area contributed by atoms with Crippen molar-refractivity contribution >= 4 is 0 Å². The van der Waals surface area contributed by atoms with E-state index in [1.165, 1.54) is 0 Å². The third-order valence-electron chi connectivity index (χ3n) is 3.75. The molecule has 0 amide bonds. The minimum atomic E-state index is -0.967. The van der Waals surface area contributed by atoms with Crippen LogP contribution in [0.2, 0.25) is 0 Å². The second-order valence-electron chi connectivity index (χ2n) is 7.14. The first-order chi connectivity index (χ1) is 8.55. The van der Waals surface area contributed by atoms with Crippen LogP contribution >= 0.6 is 0 Å². The van der Waals surface area contributed by atoms with Crippen molar-refractivity contribution in [1.29, 1.82) is 0 Å². The molecule has 0 bridgehead atoms. The molecule has 108 valence electrons. The van der Waals surface area contributed by atoms with Crippen molar-refractivity contribution in [2.45, 2.75) is 54.1 Å². The summed E-state index contributed by atoms with van der Waals surface area (Å²) in [4.78, 5) is 0. The Morgan fingerprint density at radius 2 is 1.42 bits per heavy atom. The maximum absolute atomic E-state index is 11.5. The molecular weight excluding hydrogens is 236 g/mol. The van der Waals surface area contributed by atoms with Crippen LogP contribution in [0.4, 0.5) is 0 Å². The fourth-order valence-corrected chi connectivity index (χ4v) is 2.98. The Balaban J connectivity index is 3.52. The van der Waals surface area contributed by atoms with Gasteiger partial charge in [-0.1, -0.05) is 59.7 Å². The van der Waals surface area contributed by atoms with Crippen LogP contribution in [-0.4, -0.2) is 11.7 Å². The molecule has 0 spiro atoms. The van der Waals surface area contributed by atoms with Crippen LogP contribution in [0, 0.1) is 10.8 Å². The molecule has 2 heteroatoms. The number of benzene rings is 1. The van der Waals surface area contributed by atoms with Crippen LogP contribution in [-0.2, 0) is 5.60 Å². The first kappa shape index (κ1) is 16.0. The van der Waals surface area contributed by atoms with Crippen molar-refractivity contribution in [3.63, 3.8) is 0 Å². The molecule has 0 aliphatic rings. The minimum Gasteiger partial charge on any atom is -0.493 e. The highest BCUT2D eigenvalue weighted by Gasteiger charge is 2.51. The van der Waals surface area contributed by atoms with Gasteiger partial charge in [0.15, 0.2) is 0 Å². The fraction of sp³-hybridized carbons (Fsp3) is 0.647. The van der Waals surface area contributed by atoms with Crippen molar-refractivity contribution in [1.82, 2.24) is 0 Å². The standard InChI is InChI=1S/C17H28O2/c1-8-19-14-12-10-9-11-13(14)17(18,15(2,3)4)16(5,6)7/h9-12,18H,8H2,1-7H3. The molecule has 0 aliphatic heterocycles. The van der Waals surface area contributed by atoms with E-state index in [-0.39, 0.29) is 10.8 Å². The van der Waals surface area contributed by atoms with Gasteiger partial charge >= 0.3 is 0 Å². The molecule has 1 aromatic rings. The van der Waals surface area contributed by atoms with E-state index in [2.05, 4.69) is 41.5 Å². The second-order valence-corrected chi connectivity index (χ2v) is 7.14. The Morgan fingerprint density at radius 1 is 0.947 bits per heavy atom. The SMILES string of the molecule is CCOc1ccccc1C(O)(C(C)(C)C)C(C)(C)C. The van der Waals surface area contributed by atoms with Crippen molar-refractivity contribution < 1.29 is 9.84 Å². The van der Waals surface area contributed by atoms with Gasteiger partial charge < -0.3 is 9.84 Å². The van der Waals surface area contributed by atoms with Gasteiger partial charge in [0.05, 0.1) is 6.61 Å². The van der Waals surface area contributed by atoms with E-state index in [0.717, 1.165) is 11.3 Å². The van der Waals surface area contributed by atoms with Gasteiger partial charge in [-0.2, -0.15) is 0 Å². The summed E-state index contributed by atoms with van der Waals surface area (Å²) in [6, 6.07) is 7.81. The lowest BCUT2D eigenvalue weighted by atomic mass is 9.59. The van der Waals surface area contributed by atoms with E-state index in [0.29, 0.717) is 6.61 Å². The third kappa shape index (κ3) is 2.79. The van der Waals surface area contributed by atoms with Gasteiger partial charge in [0.2, 0.25) is 0 Å². The van der Waals surface area contributed by atoms with Gasteiger partial charge in [-0.25, -0.2) is 0 Å². The van der Waals surface area contributed by atoms with E-state index in [1.54, 1.807) is 0 Å². The fourth-order valence-electron chi connectivity index (χ4n) is 2.98. The zero-order valence-corrected chi connectivity index (χ0v) is 13.4. The number of hydrogen-bond acceptors (Lipinski definition) is 2. The molecule has 0 fully saturated rings. The van der Waals surface area contributed by atoms with Gasteiger partial charge in [0.25, 0.3) is 0 Å². The summed E-state index contributed by atoms with van der Waals surface area (Å²) in [6.07, 6.45) is 0. The quantitative estimate of drug-likeness (QED) is 0.878. The number of hydrogen-bond donors (Lipinski definition) is 1. The normalized spacial score (nSPS) is 13.5. The summed E-state index contributed by atoms with van der Waals surface area (Å²) < 4.78 is 5.71. The van der Waals surface area contributed by atoms with Gasteiger partial charge in [-0.3, -0.25) is 0 Å². The summed E-state index contributed by atoms with van der Waals surface area (Å²) in [6.45, 7) is 15.0. The first-order valence-corrected chi connectivity index (χ1v) is 7.00. The smallest absolute Gasteiger partial charge is 0.125 e. The van der Waals surface area contributed by atoms with Crippen LogP contribution in [0.25, 0.3) is 0 Å². The summed E-state index contributed by atoms with van der Waals surface area (Å²) in [5.41, 5.74) is -0.681. The Labute approximate surface area is 117 Å². The number of ether oxygens (including phenoxy) is 1. The molecule has 1 aromatic carbocycles. The van der Waals surface area contributed by atoms with Crippen molar-refractivity contribution in [3.05, 3.63) is 29.8 Å². The average Bonchev–Trinajstić information content (AvgIpc) is 2.26. The molecule has 0 heterocycles. The molecule has 1 N–H and O–H groups in total. The molecular formula is C17H28O2. The van der Waals surface area contributed by atoms with E-state index < -0.39 is 5.60 Å². The number of para-hydroxylation sites is 1. The van der Waals surface area contributed by atoms with Gasteiger partial charge in [-0.05, 0) is 23.8 Å². The van der Waals surface area contributed by atoms with E-state index >= 15 is 0 Å². The van der Waals surface area contributed by atoms with Crippen LogP contribution in [0.15, 0.2) is 24.3 Å². The Kier molecular flexibility index (Phi) is 4.36. The molecule has 0 aliphatic carbocycles. The van der Waals surface area contributed by atoms with Crippen LogP contribution in [0.3, 0.4) is 0 Å². The number of aliphatic hydroxyl groups is 1. The topological polar surface area (TPSA) is 29.5 Å². The lowest BCUT2D eigenvalue weighted by Crippen LogP contribution is -2.50. The Morgan fingerprint density at radius 3 is 1.84 bits per heavy atom. The van der Waals surface area contributed by atoms with E-state index in [9.17, 15) is 5.11 Å². The van der Waals surface area contributed by atoms with Crippen molar-refractivity contribution in [3.8, 4) is 5.75 Å². The van der Waals surface area contributed by atoms with Gasteiger partial charge in [0.1, 0.15) is 11.4 Å². The molecule has 0 unspecified atom stereocenters. The molecule has 0 saturated carbocycles. The van der Waals surface area contributed by atoms with Crippen LogP contribution in [0.1, 0.15) is 54.0 Å². The molecule has 0 aromatic heterocycles. The monoisotopic (exact) mass is 264 g/mol. The summed E-state index contributed by atoms with van der Waals surface area (Å²) in [5.74, 6) is 0.775. The number of rotatable bonds is 3. The van der Waals surface area contributed by atoms with Crippen molar-refractivity contribution in [2.75, 3.05) is 6.61 Å². The summed E-state index contributed by atoms with van der Waals surface area (Å²) in [5, 5.41) is 11.5. The lowest BCUT2D eigenvalue weighted by molar-refractivity contribution is -0.146. The highest BCUT2D eigenvalue weighted by Crippen LogP contribution is 2.53. The maximum Gasteiger partial charge on any atom is 0.125 e. The molecule has 0 saturated heterocycles. The largest absolute Gasteiger partial charge is 0.493 e. The highest BCUT2D eigenvalue weighted by molar-refractivity contribution is 5.40. The van der Waals surface area contributed by atoms with E-state index in [4.69, 9.17) is 4.74 Å². The maximum atomic E-state index is 11.5. The Hall–Kier alpha value is -1.02. The zero-order chi connectivity index (χ0) is 14.9. The summed E-state index contributed by atoms with van der Waals surface area (Å²) >= 11 is 0. The summed E-state index contributed by atoms with van der Waals surface area (Å²) in [7, 11) is 0. The molecule has 2 nitrogen and oxygen atoms in total. The predicted molar refractivity (Wildman–Crippen MR) is 80.4 cm³/mol. The van der Waals surface area contributed by atoms with Crippen LogP contribution < -0.4 is 4.74 Å². The van der Waals surface area contributed by atoms with Gasteiger partial charge in [0, 0.05) is 5.56 Å².